The molecule has 0 bridgehead atoms. The van der Waals surface area contributed by atoms with E-state index in [-0.39, 0.29) is 0 Å². The van der Waals surface area contributed by atoms with Crippen LogP contribution >= 0.6 is 0 Å². The molecule has 7 nitrogen and oxygen atoms in total. The molecule has 0 saturated carbocycles. The first-order valence-electron chi connectivity index (χ1n) is 9.93. The van der Waals surface area contributed by atoms with Gasteiger partial charge in [0.05, 0.1) is 25.6 Å². The van der Waals surface area contributed by atoms with E-state index in [4.69, 9.17) is 9.47 Å². The molecule has 1 saturated heterocycles. The van der Waals surface area contributed by atoms with Gasteiger partial charge >= 0.3 is 0 Å². The number of likely N-dealkylation sites (tertiary alicyclic amines) is 1. The monoisotopic (exact) mass is 381 g/mol. The van der Waals surface area contributed by atoms with Crippen LogP contribution in [-0.4, -0.2) is 53.2 Å². The number of hydrogen-bond acceptors (Lipinski definition) is 7. The number of aryl methyl sites for hydroxylation is 1. The van der Waals surface area contributed by atoms with Crippen molar-refractivity contribution in [1.29, 1.82) is 0 Å². The fourth-order valence-electron chi connectivity index (χ4n) is 3.71. The Balaban J connectivity index is 1.44. The SMILES string of the molecule is COc1cnc(Nc2nc(C)nc3c2C=CC3)cc1OCCCN1CCCC1. The summed E-state index contributed by atoms with van der Waals surface area (Å²) in [7, 11) is 1.63. The second kappa shape index (κ2) is 8.56. The number of nitrogens with zero attached hydrogens (tertiary/aromatic N) is 4. The molecular weight excluding hydrogens is 354 g/mol. The summed E-state index contributed by atoms with van der Waals surface area (Å²) in [4.78, 5) is 16.0. The molecule has 7 heteroatoms. The van der Waals surface area contributed by atoms with Crippen LogP contribution in [0.1, 0.15) is 36.3 Å². The summed E-state index contributed by atoms with van der Waals surface area (Å²) in [6.07, 6.45) is 10.3. The molecule has 2 aromatic rings. The molecule has 0 unspecified atom stereocenters. The lowest BCUT2D eigenvalue weighted by Gasteiger charge is -2.16. The molecule has 148 valence electrons. The highest BCUT2D eigenvalue weighted by Crippen LogP contribution is 2.31. The van der Waals surface area contributed by atoms with E-state index in [0.717, 1.165) is 42.3 Å². The van der Waals surface area contributed by atoms with E-state index in [1.54, 1.807) is 13.3 Å². The first-order valence-corrected chi connectivity index (χ1v) is 9.93. The molecule has 0 atom stereocenters. The second-order valence-electron chi connectivity index (χ2n) is 7.18. The number of methoxy groups -OCH3 is 1. The molecule has 2 aromatic heterocycles. The van der Waals surface area contributed by atoms with Crippen molar-refractivity contribution in [1.82, 2.24) is 19.9 Å². The van der Waals surface area contributed by atoms with Crippen molar-refractivity contribution in [3.05, 3.63) is 35.4 Å². The molecule has 2 aliphatic rings. The Labute approximate surface area is 165 Å². The highest BCUT2D eigenvalue weighted by atomic mass is 16.5. The third-order valence-corrected chi connectivity index (χ3v) is 5.10. The number of nitrogens with one attached hydrogen (secondary N) is 1. The smallest absolute Gasteiger partial charge is 0.179 e. The summed E-state index contributed by atoms with van der Waals surface area (Å²) < 4.78 is 11.4. The van der Waals surface area contributed by atoms with Crippen LogP contribution in [0.5, 0.6) is 11.5 Å². The van der Waals surface area contributed by atoms with E-state index in [0.29, 0.717) is 23.9 Å². The van der Waals surface area contributed by atoms with E-state index < -0.39 is 0 Å². The highest BCUT2D eigenvalue weighted by Gasteiger charge is 2.16. The van der Waals surface area contributed by atoms with Gasteiger partial charge in [-0.1, -0.05) is 12.2 Å². The van der Waals surface area contributed by atoms with Gasteiger partial charge in [0.15, 0.2) is 11.5 Å². The minimum atomic E-state index is 0.635. The number of allylic oxidation sites excluding steroid dienone is 1. The summed E-state index contributed by atoms with van der Waals surface area (Å²) in [5.41, 5.74) is 2.07. The van der Waals surface area contributed by atoms with Crippen molar-refractivity contribution in [3.8, 4) is 11.5 Å². The van der Waals surface area contributed by atoms with E-state index in [2.05, 4.69) is 37.3 Å². The minimum Gasteiger partial charge on any atom is -0.491 e. The fourth-order valence-corrected chi connectivity index (χ4v) is 3.71. The van der Waals surface area contributed by atoms with Crippen LogP contribution in [0, 0.1) is 6.92 Å². The Morgan fingerprint density at radius 3 is 2.86 bits per heavy atom. The zero-order valence-corrected chi connectivity index (χ0v) is 16.6. The molecule has 0 spiro atoms. The minimum absolute atomic E-state index is 0.635. The maximum atomic E-state index is 6.00. The maximum absolute atomic E-state index is 6.00. The summed E-state index contributed by atoms with van der Waals surface area (Å²) in [6.45, 7) is 6.06. The van der Waals surface area contributed by atoms with Crippen molar-refractivity contribution in [2.45, 2.75) is 32.6 Å². The Bertz CT molecular complexity index is 862. The van der Waals surface area contributed by atoms with Gasteiger partial charge in [-0.15, -0.1) is 0 Å². The number of hydrogen-bond donors (Lipinski definition) is 1. The number of anilines is 2. The van der Waals surface area contributed by atoms with E-state index in [1.165, 1.54) is 25.9 Å². The number of aromatic nitrogens is 3. The van der Waals surface area contributed by atoms with Crippen LogP contribution in [0.25, 0.3) is 6.08 Å². The first kappa shape index (κ1) is 18.7. The number of fused-ring (bicyclic) bond motifs is 1. The summed E-state index contributed by atoms with van der Waals surface area (Å²) in [5.74, 6) is 3.52. The van der Waals surface area contributed by atoms with Gasteiger partial charge in [-0.2, -0.15) is 0 Å². The zero-order valence-electron chi connectivity index (χ0n) is 16.6. The molecule has 28 heavy (non-hydrogen) atoms. The van der Waals surface area contributed by atoms with E-state index in [9.17, 15) is 0 Å². The Kier molecular flexibility index (Phi) is 5.71. The van der Waals surface area contributed by atoms with Gasteiger partial charge in [-0.05, 0) is 39.3 Å². The quantitative estimate of drug-likeness (QED) is 0.703. The van der Waals surface area contributed by atoms with Crippen LogP contribution in [0.15, 0.2) is 18.3 Å². The molecule has 0 amide bonds. The van der Waals surface area contributed by atoms with Crippen LogP contribution in [0.2, 0.25) is 0 Å². The molecule has 0 radical (unpaired) electrons. The molecule has 0 aromatic carbocycles. The Hall–Kier alpha value is -2.67. The van der Waals surface area contributed by atoms with Gasteiger partial charge in [0.2, 0.25) is 0 Å². The van der Waals surface area contributed by atoms with E-state index in [1.807, 2.05) is 13.0 Å². The summed E-state index contributed by atoms with van der Waals surface area (Å²) in [6, 6.07) is 1.87. The van der Waals surface area contributed by atoms with Crippen molar-refractivity contribution < 1.29 is 9.47 Å². The molecule has 1 aliphatic heterocycles. The standard InChI is InChI=1S/C21H27N5O2/c1-15-23-17-8-5-7-16(17)21(24-15)25-20-13-18(19(27-2)14-22-20)28-12-6-11-26-9-3-4-10-26/h5,7,13-14H,3-4,6,8-12H2,1-2H3,(H,22,23,24,25). The van der Waals surface area contributed by atoms with Crippen molar-refractivity contribution >= 4 is 17.7 Å². The summed E-state index contributed by atoms with van der Waals surface area (Å²) >= 11 is 0. The van der Waals surface area contributed by atoms with Crippen molar-refractivity contribution in [3.63, 3.8) is 0 Å². The predicted octanol–water partition coefficient (Wildman–Crippen LogP) is 3.37. The number of pyridine rings is 1. The van der Waals surface area contributed by atoms with Gasteiger partial charge in [-0.3, -0.25) is 0 Å². The van der Waals surface area contributed by atoms with Crippen LogP contribution < -0.4 is 14.8 Å². The van der Waals surface area contributed by atoms with Gasteiger partial charge in [0.25, 0.3) is 0 Å². The number of rotatable bonds is 8. The third kappa shape index (κ3) is 4.25. The van der Waals surface area contributed by atoms with Crippen molar-refractivity contribution in [2.24, 2.45) is 0 Å². The molecular formula is C21H27N5O2. The molecule has 3 heterocycles. The average Bonchev–Trinajstić information content (AvgIpc) is 3.37. The average molecular weight is 381 g/mol. The topological polar surface area (TPSA) is 72.4 Å². The second-order valence-corrected chi connectivity index (χ2v) is 7.18. The van der Waals surface area contributed by atoms with Gasteiger partial charge < -0.3 is 19.7 Å². The first-order chi connectivity index (χ1) is 13.7. The highest BCUT2D eigenvalue weighted by molar-refractivity contribution is 5.72. The molecule has 1 aliphatic carbocycles. The van der Waals surface area contributed by atoms with Crippen LogP contribution in [0.4, 0.5) is 11.6 Å². The molecule has 1 N–H and O–H groups in total. The van der Waals surface area contributed by atoms with Crippen molar-refractivity contribution in [2.75, 3.05) is 38.7 Å². The predicted molar refractivity (Wildman–Crippen MR) is 109 cm³/mol. The summed E-state index contributed by atoms with van der Waals surface area (Å²) in [5, 5.41) is 3.31. The number of ether oxygens (including phenoxy) is 2. The third-order valence-electron chi connectivity index (χ3n) is 5.10. The van der Waals surface area contributed by atoms with Crippen LogP contribution in [0.3, 0.4) is 0 Å². The Morgan fingerprint density at radius 2 is 2.04 bits per heavy atom. The van der Waals surface area contributed by atoms with Gasteiger partial charge in [0.1, 0.15) is 17.5 Å². The van der Waals surface area contributed by atoms with Gasteiger partial charge in [-0.25, -0.2) is 15.0 Å². The fraction of sp³-hybridized carbons (Fsp3) is 0.476. The lowest BCUT2D eigenvalue weighted by molar-refractivity contribution is 0.254. The van der Waals surface area contributed by atoms with Crippen LogP contribution in [-0.2, 0) is 6.42 Å². The molecule has 4 rings (SSSR count). The molecule has 1 fully saturated rings. The lowest BCUT2D eigenvalue weighted by Crippen LogP contribution is -2.22. The maximum Gasteiger partial charge on any atom is 0.179 e. The lowest BCUT2D eigenvalue weighted by atomic mass is 10.2. The normalized spacial score (nSPS) is 15.6. The van der Waals surface area contributed by atoms with Gasteiger partial charge in [0, 0.05) is 24.6 Å². The largest absolute Gasteiger partial charge is 0.491 e. The zero-order chi connectivity index (χ0) is 19.3. The Morgan fingerprint density at radius 1 is 1.18 bits per heavy atom. The van der Waals surface area contributed by atoms with E-state index >= 15 is 0 Å².